The van der Waals surface area contributed by atoms with Crippen LogP contribution >= 0.6 is 11.6 Å². The number of ether oxygens (including phenoxy) is 2. The molecule has 1 aromatic rings. The van der Waals surface area contributed by atoms with Gasteiger partial charge in [0.25, 0.3) is 0 Å². The molecule has 4 heteroatoms. The second-order valence-electron chi connectivity index (χ2n) is 4.59. The summed E-state index contributed by atoms with van der Waals surface area (Å²) in [6.45, 7) is 6.98. The quantitative estimate of drug-likeness (QED) is 0.775. The molecular formula is C14H22ClNO2. The molecule has 1 aromatic carbocycles. The normalized spacial score (nSPS) is 14.8. The summed E-state index contributed by atoms with van der Waals surface area (Å²) in [6.07, 6.45) is 0.0112. The molecule has 0 fully saturated rings. The fourth-order valence-electron chi connectivity index (χ4n) is 1.69. The summed E-state index contributed by atoms with van der Waals surface area (Å²) >= 11 is 6.16. The van der Waals surface area contributed by atoms with E-state index in [1.165, 1.54) is 0 Å². The van der Waals surface area contributed by atoms with Gasteiger partial charge in [0, 0.05) is 16.6 Å². The van der Waals surface area contributed by atoms with Gasteiger partial charge in [-0.05, 0) is 26.8 Å². The van der Waals surface area contributed by atoms with Crippen LogP contribution in [0.5, 0.6) is 0 Å². The summed E-state index contributed by atoms with van der Waals surface area (Å²) in [6, 6.07) is 7.50. The number of benzene rings is 1. The van der Waals surface area contributed by atoms with Crippen LogP contribution in [0.4, 0.5) is 0 Å². The Balaban J connectivity index is 2.58. The van der Waals surface area contributed by atoms with Gasteiger partial charge >= 0.3 is 0 Å². The lowest BCUT2D eigenvalue weighted by atomic mass is 10.0. The standard InChI is InChI=1S/C14H22ClNO2/c1-10(2)17-8-9-18-14(11(3)16)12-6-4-5-7-13(12)15/h4-7,10-11,14H,8-9,16H2,1-3H3. The van der Waals surface area contributed by atoms with Crippen molar-refractivity contribution in [3.05, 3.63) is 34.9 Å². The third kappa shape index (κ3) is 4.94. The van der Waals surface area contributed by atoms with E-state index in [1.54, 1.807) is 0 Å². The minimum Gasteiger partial charge on any atom is -0.376 e. The summed E-state index contributed by atoms with van der Waals surface area (Å²) in [4.78, 5) is 0. The molecule has 0 heterocycles. The van der Waals surface area contributed by atoms with Gasteiger partial charge in [-0.1, -0.05) is 29.8 Å². The molecule has 2 atom stereocenters. The molecule has 0 aromatic heterocycles. The van der Waals surface area contributed by atoms with Crippen molar-refractivity contribution < 1.29 is 9.47 Å². The predicted molar refractivity (Wildman–Crippen MR) is 74.9 cm³/mol. The van der Waals surface area contributed by atoms with E-state index in [1.807, 2.05) is 45.0 Å². The lowest BCUT2D eigenvalue weighted by Gasteiger charge is -2.23. The molecule has 18 heavy (non-hydrogen) atoms. The van der Waals surface area contributed by atoms with Crippen LogP contribution in [0.25, 0.3) is 0 Å². The Morgan fingerprint density at radius 2 is 1.72 bits per heavy atom. The molecular weight excluding hydrogens is 250 g/mol. The number of nitrogens with two attached hydrogens (primary N) is 1. The van der Waals surface area contributed by atoms with Gasteiger partial charge in [0.2, 0.25) is 0 Å². The molecule has 0 saturated carbocycles. The summed E-state index contributed by atoms with van der Waals surface area (Å²) in [5.74, 6) is 0. The minimum absolute atomic E-state index is 0.121. The SMILES string of the molecule is CC(C)OCCOC(c1ccccc1Cl)C(C)N. The van der Waals surface area contributed by atoms with Gasteiger partial charge in [-0.15, -0.1) is 0 Å². The summed E-state index contributed by atoms with van der Waals surface area (Å²) in [5.41, 5.74) is 6.88. The number of halogens is 1. The van der Waals surface area contributed by atoms with Crippen molar-refractivity contribution in [3.63, 3.8) is 0 Å². The van der Waals surface area contributed by atoms with Crippen molar-refractivity contribution in [2.45, 2.75) is 39.0 Å². The summed E-state index contributed by atoms with van der Waals surface area (Å²) in [5, 5.41) is 0.685. The zero-order chi connectivity index (χ0) is 13.5. The lowest BCUT2D eigenvalue weighted by molar-refractivity contribution is -0.0200. The predicted octanol–water partition coefficient (Wildman–Crippen LogP) is 3.17. The molecule has 0 aliphatic carbocycles. The smallest absolute Gasteiger partial charge is 0.0988 e. The van der Waals surface area contributed by atoms with Crippen LogP contribution in [-0.4, -0.2) is 25.4 Å². The first kappa shape index (κ1) is 15.4. The van der Waals surface area contributed by atoms with Crippen molar-refractivity contribution in [2.24, 2.45) is 5.73 Å². The molecule has 2 unspecified atom stereocenters. The van der Waals surface area contributed by atoms with E-state index in [-0.39, 0.29) is 18.2 Å². The molecule has 0 aliphatic rings. The van der Waals surface area contributed by atoms with Crippen LogP contribution in [0.1, 0.15) is 32.4 Å². The van der Waals surface area contributed by atoms with Crippen molar-refractivity contribution >= 4 is 11.6 Å². The van der Waals surface area contributed by atoms with Crippen LogP contribution in [0.3, 0.4) is 0 Å². The molecule has 102 valence electrons. The van der Waals surface area contributed by atoms with Gasteiger partial charge in [-0.3, -0.25) is 0 Å². The molecule has 0 aliphatic heterocycles. The Bertz CT molecular complexity index is 355. The topological polar surface area (TPSA) is 44.5 Å². The van der Waals surface area contributed by atoms with E-state index in [0.29, 0.717) is 18.2 Å². The van der Waals surface area contributed by atoms with Crippen LogP contribution in [0, 0.1) is 0 Å². The van der Waals surface area contributed by atoms with Gasteiger partial charge in [-0.25, -0.2) is 0 Å². The highest BCUT2D eigenvalue weighted by Crippen LogP contribution is 2.27. The van der Waals surface area contributed by atoms with Crippen LogP contribution in [-0.2, 0) is 9.47 Å². The highest BCUT2D eigenvalue weighted by molar-refractivity contribution is 6.31. The van der Waals surface area contributed by atoms with E-state index in [0.717, 1.165) is 5.56 Å². The third-order valence-corrected chi connectivity index (χ3v) is 2.87. The zero-order valence-corrected chi connectivity index (χ0v) is 12.0. The third-order valence-electron chi connectivity index (χ3n) is 2.52. The highest BCUT2D eigenvalue weighted by atomic mass is 35.5. The molecule has 2 N–H and O–H groups in total. The van der Waals surface area contributed by atoms with E-state index >= 15 is 0 Å². The zero-order valence-electron chi connectivity index (χ0n) is 11.2. The van der Waals surface area contributed by atoms with Gasteiger partial charge < -0.3 is 15.2 Å². The highest BCUT2D eigenvalue weighted by Gasteiger charge is 2.19. The van der Waals surface area contributed by atoms with Crippen LogP contribution in [0.2, 0.25) is 5.02 Å². The first-order valence-electron chi connectivity index (χ1n) is 6.25. The van der Waals surface area contributed by atoms with Crippen molar-refractivity contribution in [2.75, 3.05) is 13.2 Å². The van der Waals surface area contributed by atoms with Crippen molar-refractivity contribution in [1.29, 1.82) is 0 Å². The molecule has 0 bridgehead atoms. The van der Waals surface area contributed by atoms with E-state index in [9.17, 15) is 0 Å². The fourth-order valence-corrected chi connectivity index (χ4v) is 1.93. The van der Waals surface area contributed by atoms with Crippen molar-refractivity contribution in [3.8, 4) is 0 Å². The minimum atomic E-state index is -0.200. The van der Waals surface area contributed by atoms with E-state index in [2.05, 4.69) is 0 Å². The Morgan fingerprint density at radius 1 is 1.11 bits per heavy atom. The first-order chi connectivity index (χ1) is 8.52. The molecule has 0 radical (unpaired) electrons. The number of hydrogen-bond acceptors (Lipinski definition) is 3. The molecule has 0 saturated heterocycles. The van der Waals surface area contributed by atoms with Crippen LogP contribution < -0.4 is 5.73 Å². The molecule has 1 rings (SSSR count). The molecule has 0 spiro atoms. The monoisotopic (exact) mass is 271 g/mol. The second-order valence-corrected chi connectivity index (χ2v) is 5.00. The maximum Gasteiger partial charge on any atom is 0.0988 e. The summed E-state index contributed by atoms with van der Waals surface area (Å²) in [7, 11) is 0. The molecule has 0 amide bonds. The van der Waals surface area contributed by atoms with Crippen molar-refractivity contribution in [1.82, 2.24) is 0 Å². The maximum atomic E-state index is 6.16. The van der Waals surface area contributed by atoms with E-state index in [4.69, 9.17) is 26.8 Å². The Kier molecular flexibility index (Phi) is 6.65. The first-order valence-corrected chi connectivity index (χ1v) is 6.63. The van der Waals surface area contributed by atoms with Gasteiger partial charge in [-0.2, -0.15) is 0 Å². The second kappa shape index (κ2) is 7.74. The number of hydrogen-bond donors (Lipinski definition) is 1. The van der Waals surface area contributed by atoms with E-state index < -0.39 is 0 Å². The fraction of sp³-hybridized carbons (Fsp3) is 0.571. The largest absolute Gasteiger partial charge is 0.376 e. The van der Waals surface area contributed by atoms with Gasteiger partial charge in [0.1, 0.15) is 0 Å². The molecule has 3 nitrogen and oxygen atoms in total. The lowest BCUT2D eigenvalue weighted by Crippen LogP contribution is -2.28. The average Bonchev–Trinajstić information content (AvgIpc) is 2.30. The van der Waals surface area contributed by atoms with Gasteiger partial charge in [0.05, 0.1) is 25.4 Å². The summed E-state index contributed by atoms with van der Waals surface area (Å²) < 4.78 is 11.2. The van der Waals surface area contributed by atoms with Crippen LogP contribution in [0.15, 0.2) is 24.3 Å². The maximum absolute atomic E-state index is 6.16. The average molecular weight is 272 g/mol. The van der Waals surface area contributed by atoms with Gasteiger partial charge in [0.15, 0.2) is 0 Å². The Labute approximate surface area is 114 Å². The Hall–Kier alpha value is -0.610. The Morgan fingerprint density at radius 3 is 2.28 bits per heavy atom. The number of rotatable bonds is 7.